The van der Waals surface area contributed by atoms with Gasteiger partial charge in [0.25, 0.3) is 0 Å². The maximum atomic E-state index is 12.3. The van der Waals surface area contributed by atoms with Crippen molar-refractivity contribution in [3.8, 4) is 11.4 Å². The summed E-state index contributed by atoms with van der Waals surface area (Å²) in [4.78, 5) is 24.0. The first kappa shape index (κ1) is 20.7. The molecule has 1 heterocycles. The summed E-state index contributed by atoms with van der Waals surface area (Å²) >= 11 is 7.04. The van der Waals surface area contributed by atoms with Gasteiger partial charge < -0.3 is 15.9 Å². The van der Waals surface area contributed by atoms with Crippen LogP contribution >= 0.6 is 23.4 Å². The van der Waals surface area contributed by atoms with Gasteiger partial charge in [0.1, 0.15) is 0 Å². The Hall–Kier alpha value is -3.04. The van der Waals surface area contributed by atoms with E-state index in [-0.39, 0.29) is 18.3 Å². The Kier molecular flexibility index (Phi) is 6.73. The van der Waals surface area contributed by atoms with Crippen molar-refractivity contribution in [1.29, 1.82) is 0 Å². The van der Waals surface area contributed by atoms with Gasteiger partial charge in [0, 0.05) is 16.3 Å². The van der Waals surface area contributed by atoms with Gasteiger partial charge in [-0.2, -0.15) is 0 Å². The first-order valence-electron chi connectivity index (χ1n) is 8.64. The molecular weight excluding hydrogens is 414 g/mol. The highest BCUT2D eigenvalue weighted by Crippen LogP contribution is 2.23. The normalized spacial score (nSPS) is 10.6. The van der Waals surface area contributed by atoms with Crippen LogP contribution in [0.5, 0.6) is 0 Å². The van der Waals surface area contributed by atoms with Gasteiger partial charge in [0.15, 0.2) is 5.82 Å². The van der Waals surface area contributed by atoms with Crippen LogP contribution in [0.2, 0.25) is 5.02 Å². The molecule has 0 aliphatic carbocycles. The largest absolute Gasteiger partial charge is 0.462 e. The minimum atomic E-state index is -0.441. The van der Waals surface area contributed by atoms with Crippen molar-refractivity contribution in [2.75, 3.05) is 23.5 Å². The quantitative estimate of drug-likeness (QED) is 0.335. The Labute approximate surface area is 176 Å². The molecule has 10 heteroatoms. The number of carbonyl (C=O) groups is 2. The average molecular weight is 432 g/mol. The van der Waals surface area contributed by atoms with Crippen LogP contribution < -0.4 is 11.2 Å². The predicted molar refractivity (Wildman–Crippen MR) is 112 cm³/mol. The molecule has 0 radical (unpaired) electrons. The molecule has 2 aromatic carbocycles. The van der Waals surface area contributed by atoms with Gasteiger partial charge in [0.05, 0.1) is 17.9 Å². The molecule has 0 spiro atoms. The van der Waals surface area contributed by atoms with Gasteiger partial charge in [0.2, 0.25) is 11.1 Å². The maximum Gasteiger partial charge on any atom is 0.338 e. The number of halogens is 1. The number of nitrogens with one attached hydrogen (secondary N) is 1. The van der Waals surface area contributed by atoms with Gasteiger partial charge in [-0.3, -0.25) is 4.79 Å². The SMILES string of the molecule is CCOC(=O)c1cccc(NC(=O)CSc2nnc(-c3ccc(Cl)cc3)n2N)c1. The number of hydrogen-bond donors (Lipinski definition) is 2. The standard InChI is InChI=1S/C19H18ClN5O3S/c1-2-28-18(27)13-4-3-5-15(10-13)22-16(26)11-29-19-24-23-17(25(19)21)12-6-8-14(20)9-7-12/h3-10H,2,11,21H2,1H3,(H,22,26). The fraction of sp³-hybridized carbons (Fsp3) is 0.158. The van der Waals surface area contributed by atoms with Crippen LogP contribution in [0.3, 0.4) is 0 Å². The summed E-state index contributed by atoms with van der Waals surface area (Å²) in [6.07, 6.45) is 0. The van der Waals surface area contributed by atoms with Gasteiger partial charge in [-0.05, 0) is 49.4 Å². The number of esters is 1. The van der Waals surface area contributed by atoms with Crippen LogP contribution in [0.1, 0.15) is 17.3 Å². The van der Waals surface area contributed by atoms with E-state index in [0.717, 1.165) is 17.3 Å². The van der Waals surface area contributed by atoms with Gasteiger partial charge in [-0.25, -0.2) is 9.47 Å². The first-order chi connectivity index (χ1) is 14.0. The monoisotopic (exact) mass is 431 g/mol. The topological polar surface area (TPSA) is 112 Å². The number of nitrogens with zero attached hydrogens (tertiary/aromatic N) is 3. The Morgan fingerprint density at radius 3 is 2.69 bits per heavy atom. The van der Waals surface area contributed by atoms with E-state index in [0.29, 0.717) is 27.3 Å². The molecule has 0 saturated heterocycles. The van der Waals surface area contributed by atoms with Crippen LogP contribution in [-0.4, -0.2) is 39.1 Å². The number of thioether (sulfide) groups is 1. The minimum Gasteiger partial charge on any atom is -0.462 e. The Balaban J connectivity index is 1.61. The molecule has 3 rings (SSSR count). The summed E-state index contributed by atoms with van der Waals surface area (Å²) in [6, 6.07) is 13.6. The second-order valence-electron chi connectivity index (χ2n) is 5.82. The fourth-order valence-electron chi connectivity index (χ4n) is 2.44. The molecule has 1 aromatic heterocycles. The third-order valence-electron chi connectivity index (χ3n) is 3.76. The highest BCUT2D eigenvalue weighted by Gasteiger charge is 2.14. The third kappa shape index (κ3) is 5.27. The number of benzene rings is 2. The van der Waals surface area contributed by atoms with E-state index in [9.17, 15) is 9.59 Å². The number of aromatic nitrogens is 3. The van der Waals surface area contributed by atoms with Crippen molar-refractivity contribution in [1.82, 2.24) is 14.9 Å². The molecule has 0 aliphatic heterocycles. The molecule has 0 aliphatic rings. The van der Waals surface area contributed by atoms with E-state index in [1.807, 2.05) is 0 Å². The van der Waals surface area contributed by atoms with E-state index in [4.69, 9.17) is 22.2 Å². The molecule has 1 amide bonds. The van der Waals surface area contributed by atoms with Gasteiger partial charge >= 0.3 is 5.97 Å². The molecule has 150 valence electrons. The lowest BCUT2D eigenvalue weighted by atomic mass is 10.2. The van der Waals surface area contributed by atoms with Crippen LogP contribution in [0.25, 0.3) is 11.4 Å². The number of nitrogens with two attached hydrogens (primary N) is 1. The van der Waals surface area contributed by atoms with E-state index < -0.39 is 5.97 Å². The average Bonchev–Trinajstić information content (AvgIpc) is 3.08. The van der Waals surface area contributed by atoms with Crippen LogP contribution in [-0.2, 0) is 9.53 Å². The molecule has 3 aromatic rings. The van der Waals surface area contributed by atoms with E-state index in [2.05, 4.69) is 15.5 Å². The van der Waals surface area contributed by atoms with E-state index in [1.54, 1.807) is 55.5 Å². The lowest BCUT2D eigenvalue weighted by Gasteiger charge is -2.07. The van der Waals surface area contributed by atoms with Crippen LogP contribution in [0.4, 0.5) is 5.69 Å². The molecule has 0 bridgehead atoms. The summed E-state index contributed by atoms with van der Waals surface area (Å²) in [7, 11) is 0. The number of hydrogen-bond acceptors (Lipinski definition) is 7. The lowest BCUT2D eigenvalue weighted by Crippen LogP contribution is -2.16. The maximum absolute atomic E-state index is 12.3. The van der Waals surface area contributed by atoms with Crippen LogP contribution in [0.15, 0.2) is 53.7 Å². The smallest absolute Gasteiger partial charge is 0.338 e. The molecule has 0 fully saturated rings. The molecule has 29 heavy (non-hydrogen) atoms. The van der Waals surface area contributed by atoms with Crippen LogP contribution in [0, 0.1) is 0 Å². The lowest BCUT2D eigenvalue weighted by molar-refractivity contribution is -0.113. The highest BCUT2D eigenvalue weighted by atomic mass is 35.5. The van der Waals surface area contributed by atoms with Gasteiger partial charge in [-0.15, -0.1) is 10.2 Å². The summed E-state index contributed by atoms with van der Waals surface area (Å²) in [5.41, 5.74) is 1.63. The Morgan fingerprint density at radius 1 is 1.21 bits per heavy atom. The van der Waals surface area contributed by atoms with Crippen molar-refractivity contribution in [3.05, 3.63) is 59.1 Å². The summed E-state index contributed by atoms with van der Waals surface area (Å²) < 4.78 is 6.28. The third-order valence-corrected chi connectivity index (χ3v) is 4.95. The molecule has 8 nitrogen and oxygen atoms in total. The number of rotatable bonds is 7. The Morgan fingerprint density at radius 2 is 1.97 bits per heavy atom. The van der Waals surface area contributed by atoms with Crippen molar-refractivity contribution >= 4 is 40.9 Å². The summed E-state index contributed by atoms with van der Waals surface area (Å²) in [6.45, 7) is 2.01. The number of carbonyl (C=O) groups excluding carboxylic acids is 2. The fourth-order valence-corrected chi connectivity index (χ4v) is 3.22. The van der Waals surface area contributed by atoms with E-state index >= 15 is 0 Å². The minimum absolute atomic E-state index is 0.0690. The second-order valence-corrected chi connectivity index (χ2v) is 7.20. The van der Waals surface area contributed by atoms with Crippen molar-refractivity contribution in [2.45, 2.75) is 12.1 Å². The molecule has 0 atom stereocenters. The number of nitrogen functional groups attached to an aromatic ring is 1. The molecule has 0 unspecified atom stereocenters. The zero-order valence-corrected chi connectivity index (χ0v) is 17.0. The number of anilines is 1. The van der Waals surface area contributed by atoms with Crippen molar-refractivity contribution in [3.63, 3.8) is 0 Å². The van der Waals surface area contributed by atoms with Crippen molar-refractivity contribution < 1.29 is 14.3 Å². The molecule has 0 saturated carbocycles. The molecule has 3 N–H and O–H groups in total. The zero-order valence-electron chi connectivity index (χ0n) is 15.5. The number of ether oxygens (including phenoxy) is 1. The first-order valence-corrected chi connectivity index (χ1v) is 10.0. The summed E-state index contributed by atoms with van der Waals surface area (Å²) in [5, 5.41) is 11.8. The summed E-state index contributed by atoms with van der Waals surface area (Å²) in [5.74, 6) is 5.87. The molecular formula is C19H18ClN5O3S. The predicted octanol–water partition coefficient (Wildman–Crippen LogP) is 3.22. The number of amides is 1. The zero-order chi connectivity index (χ0) is 20.8. The van der Waals surface area contributed by atoms with Crippen molar-refractivity contribution in [2.24, 2.45) is 0 Å². The van der Waals surface area contributed by atoms with Gasteiger partial charge in [-0.1, -0.05) is 29.4 Å². The van der Waals surface area contributed by atoms with E-state index in [1.165, 1.54) is 4.68 Å². The highest BCUT2D eigenvalue weighted by molar-refractivity contribution is 7.99. The second kappa shape index (κ2) is 9.44. The Bertz CT molecular complexity index is 1020.